The Bertz CT molecular complexity index is 1060. The van der Waals surface area contributed by atoms with E-state index in [2.05, 4.69) is 30.5 Å². The molecule has 11 heteroatoms. The van der Waals surface area contributed by atoms with Gasteiger partial charge in [0.25, 0.3) is 5.69 Å². The van der Waals surface area contributed by atoms with Gasteiger partial charge in [0, 0.05) is 36.6 Å². The lowest BCUT2D eigenvalue weighted by Gasteiger charge is -2.11. The van der Waals surface area contributed by atoms with Crippen LogP contribution in [-0.4, -0.2) is 26.4 Å². The highest BCUT2D eigenvalue weighted by Crippen LogP contribution is 2.35. The number of nitro groups is 1. The second-order valence-electron chi connectivity index (χ2n) is 5.89. The third-order valence-corrected chi connectivity index (χ3v) is 4.09. The average Bonchev–Trinajstić information content (AvgIpc) is 2.72. The molecule has 29 heavy (non-hydrogen) atoms. The number of benzene rings is 1. The van der Waals surface area contributed by atoms with Crippen LogP contribution in [0.25, 0.3) is 11.4 Å². The Kier molecular flexibility index (Phi) is 6.25. The van der Waals surface area contributed by atoms with Gasteiger partial charge in [0.05, 0.1) is 9.95 Å². The number of rotatable bonds is 7. The van der Waals surface area contributed by atoms with Crippen molar-refractivity contribution < 1.29 is 4.92 Å². The number of aromatic nitrogens is 3. The van der Waals surface area contributed by atoms with Crippen molar-refractivity contribution in [3.05, 3.63) is 57.9 Å². The number of nitro benzene ring substituents is 1. The van der Waals surface area contributed by atoms with E-state index in [4.69, 9.17) is 17.3 Å². The minimum Gasteiger partial charge on any atom is -0.382 e. The van der Waals surface area contributed by atoms with E-state index in [1.165, 1.54) is 18.2 Å². The van der Waals surface area contributed by atoms with Crippen molar-refractivity contribution in [3.8, 4) is 11.4 Å². The van der Waals surface area contributed by atoms with E-state index < -0.39 is 4.92 Å². The van der Waals surface area contributed by atoms with Gasteiger partial charge in [-0.1, -0.05) is 18.5 Å². The number of nitrogens with zero attached hydrogens (tertiary/aromatic N) is 6. The summed E-state index contributed by atoms with van der Waals surface area (Å²) in [6.45, 7) is 2.66. The molecule has 0 saturated heterocycles. The van der Waals surface area contributed by atoms with Crippen molar-refractivity contribution in [2.75, 3.05) is 17.6 Å². The van der Waals surface area contributed by atoms with Gasteiger partial charge in [-0.05, 0) is 24.6 Å². The molecule has 1 aromatic carbocycles. The van der Waals surface area contributed by atoms with Crippen LogP contribution in [0.15, 0.2) is 53.0 Å². The quantitative estimate of drug-likeness (QED) is 0.318. The molecule has 2 heterocycles. The highest BCUT2D eigenvalue weighted by molar-refractivity contribution is 6.33. The predicted molar refractivity (Wildman–Crippen MR) is 111 cm³/mol. The molecule has 0 radical (unpaired) electrons. The first-order valence-electron chi connectivity index (χ1n) is 8.67. The van der Waals surface area contributed by atoms with Crippen LogP contribution in [-0.2, 0) is 0 Å². The van der Waals surface area contributed by atoms with E-state index in [9.17, 15) is 10.1 Å². The Hall–Kier alpha value is -3.66. The molecule has 0 amide bonds. The van der Waals surface area contributed by atoms with Crippen LogP contribution in [0.4, 0.5) is 28.7 Å². The van der Waals surface area contributed by atoms with Crippen LogP contribution >= 0.6 is 11.6 Å². The molecule has 0 spiro atoms. The standard InChI is InChI=1S/C18H17ClN8O2/c1-2-7-22-18-15(16(20)23-17(24-18)11-5-8-21-9-6-11)26-25-14-4-3-12(27(28)29)10-13(14)19/h3-6,8-10H,2,7H2,1H3,(H3,20,22,23,24). The number of nitrogens with one attached hydrogen (secondary N) is 1. The van der Waals surface area contributed by atoms with Crippen LogP contribution in [0.3, 0.4) is 0 Å². The maximum Gasteiger partial charge on any atom is 0.271 e. The Labute approximate surface area is 171 Å². The second kappa shape index (κ2) is 9.02. The van der Waals surface area contributed by atoms with Crippen LogP contribution in [0.1, 0.15) is 13.3 Å². The zero-order valence-corrected chi connectivity index (χ0v) is 16.2. The van der Waals surface area contributed by atoms with Crippen LogP contribution in [0.5, 0.6) is 0 Å². The summed E-state index contributed by atoms with van der Waals surface area (Å²) in [6, 6.07) is 7.46. The van der Waals surface area contributed by atoms with Gasteiger partial charge in [0.2, 0.25) is 0 Å². The summed E-state index contributed by atoms with van der Waals surface area (Å²) in [4.78, 5) is 23.1. The summed E-state index contributed by atoms with van der Waals surface area (Å²) in [5.74, 6) is 0.982. The number of azo groups is 1. The fourth-order valence-electron chi connectivity index (χ4n) is 2.36. The maximum atomic E-state index is 10.8. The number of nitrogen functional groups attached to an aromatic ring is 1. The van der Waals surface area contributed by atoms with Crippen molar-refractivity contribution in [2.45, 2.75) is 13.3 Å². The molecule has 3 N–H and O–H groups in total. The number of non-ortho nitro benzene ring substituents is 1. The fourth-order valence-corrected chi connectivity index (χ4v) is 2.57. The molecule has 0 atom stereocenters. The van der Waals surface area contributed by atoms with Gasteiger partial charge in [-0.15, -0.1) is 10.2 Å². The Balaban J connectivity index is 1.99. The van der Waals surface area contributed by atoms with Gasteiger partial charge in [-0.3, -0.25) is 15.1 Å². The molecule has 3 rings (SSSR count). The number of hydrogen-bond donors (Lipinski definition) is 2. The third-order valence-electron chi connectivity index (χ3n) is 3.79. The monoisotopic (exact) mass is 412 g/mol. The Morgan fingerprint density at radius 3 is 2.62 bits per heavy atom. The predicted octanol–water partition coefficient (Wildman–Crippen LogP) is 4.92. The Morgan fingerprint density at radius 1 is 1.21 bits per heavy atom. The molecule has 148 valence electrons. The molecule has 0 aliphatic carbocycles. The lowest BCUT2D eigenvalue weighted by molar-refractivity contribution is -0.384. The van der Waals surface area contributed by atoms with Crippen LogP contribution in [0, 0.1) is 10.1 Å². The van der Waals surface area contributed by atoms with Crippen molar-refractivity contribution in [3.63, 3.8) is 0 Å². The first kappa shape index (κ1) is 20.1. The van der Waals surface area contributed by atoms with Gasteiger partial charge < -0.3 is 11.1 Å². The highest BCUT2D eigenvalue weighted by atomic mass is 35.5. The zero-order valence-electron chi connectivity index (χ0n) is 15.4. The zero-order chi connectivity index (χ0) is 20.8. The number of pyridine rings is 1. The molecule has 10 nitrogen and oxygen atoms in total. The van der Waals surface area contributed by atoms with Crippen molar-refractivity contribution >= 4 is 40.3 Å². The SMILES string of the molecule is CCCNc1nc(-c2ccncc2)nc(N)c1N=Nc1ccc([N+](=O)[O-])cc1Cl. The van der Waals surface area contributed by atoms with E-state index in [0.29, 0.717) is 18.2 Å². The second-order valence-corrected chi connectivity index (χ2v) is 6.29. The smallest absolute Gasteiger partial charge is 0.271 e. The van der Waals surface area contributed by atoms with E-state index in [1.54, 1.807) is 24.5 Å². The highest BCUT2D eigenvalue weighted by Gasteiger charge is 2.14. The molecule has 2 aromatic heterocycles. The van der Waals surface area contributed by atoms with Crippen molar-refractivity contribution in [2.24, 2.45) is 10.2 Å². The summed E-state index contributed by atoms with van der Waals surface area (Å²) < 4.78 is 0. The summed E-state index contributed by atoms with van der Waals surface area (Å²) >= 11 is 6.07. The Morgan fingerprint density at radius 2 is 1.97 bits per heavy atom. The van der Waals surface area contributed by atoms with Gasteiger partial charge in [0.15, 0.2) is 23.1 Å². The lowest BCUT2D eigenvalue weighted by atomic mass is 10.2. The van der Waals surface area contributed by atoms with Crippen LogP contribution in [0.2, 0.25) is 5.02 Å². The van der Waals surface area contributed by atoms with E-state index in [1.807, 2.05) is 6.92 Å². The number of anilines is 2. The maximum absolute atomic E-state index is 10.8. The topological polar surface area (TPSA) is 145 Å². The van der Waals surface area contributed by atoms with Gasteiger partial charge in [0.1, 0.15) is 5.69 Å². The van der Waals surface area contributed by atoms with E-state index >= 15 is 0 Å². The molecular weight excluding hydrogens is 396 g/mol. The number of halogens is 1. The van der Waals surface area contributed by atoms with E-state index in [0.717, 1.165) is 12.0 Å². The van der Waals surface area contributed by atoms with Gasteiger partial charge in [-0.2, -0.15) is 0 Å². The number of hydrogen-bond acceptors (Lipinski definition) is 9. The lowest BCUT2D eigenvalue weighted by Crippen LogP contribution is -2.06. The minimum absolute atomic E-state index is 0.0962. The molecule has 3 aromatic rings. The minimum atomic E-state index is -0.538. The largest absolute Gasteiger partial charge is 0.382 e. The van der Waals surface area contributed by atoms with Crippen molar-refractivity contribution in [1.82, 2.24) is 15.0 Å². The molecule has 0 aliphatic rings. The molecule has 0 saturated carbocycles. The molecular formula is C18H17ClN8O2. The first-order chi connectivity index (χ1) is 14.0. The van der Waals surface area contributed by atoms with E-state index in [-0.39, 0.29) is 27.9 Å². The molecule has 0 bridgehead atoms. The molecule has 0 unspecified atom stereocenters. The van der Waals surface area contributed by atoms with Crippen LogP contribution < -0.4 is 11.1 Å². The van der Waals surface area contributed by atoms with Crippen molar-refractivity contribution in [1.29, 1.82) is 0 Å². The van der Waals surface area contributed by atoms with Gasteiger partial charge >= 0.3 is 0 Å². The fraction of sp³-hybridized carbons (Fsp3) is 0.167. The third kappa shape index (κ3) is 4.79. The average molecular weight is 413 g/mol. The molecule has 0 fully saturated rings. The summed E-state index contributed by atoms with van der Waals surface area (Å²) in [6.07, 6.45) is 4.13. The first-order valence-corrected chi connectivity index (χ1v) is 9.05. The van der Waals surface area contributed by atoms with Gasteiger partial charge in [-0.25, -0.2) is 9.97 Å². The molecule has 0 aliphatic heterocycles. The number of nitrogens with two attached hydrogens (primary N) is 1. The summed E-state index contributed by atoms with van der Waals surface area (Å²) in [5.41, 5.74) is 7.25. The normalized spacial score (nSPS) is 11.0. The summed E-state index contributed by atoms with van der Waals surface area (Å²) in [7, 11) is 0. The summed E-state index contributed by atoms with van der Waals surface area (Å²) in [5, 5.41) is 22.3.